The number of carbonyl (C=O) groups is 6. The third-order valence-electron chi connectivity index (χ3n) is 7.78. The number of ether oxygens (including phenoxy) is 1. The minimum atomic E-state index is -1.64. The van der Waals surface area contributed by atoms with Crippen LogP contribution in [0.15, 0.2) is 0 Å². The van der Waals surface area contributed by atoms with Gasteiger partial charge in [0.05, 0.1) is 12.2 Å². The highest BCUT2D eigenvalue weighted by atomic mass is 16.6. The first-order valence-electron chi connectivity index (χ1n) is 17.3. The number of nitrogens with one attached hydrogen (secondary N) is 7. The molecule has 0 fully saturated rings. The lowest BCUT2D eigenvalue weighted by atomic mass is 9.96. The van der Waals surface area contributed by atoms with Gasteiger partial charge in [-0.05, 0) is 64.7 Å². The Balaban J connectivity index is 6.41. The molecule has 51 heavy (non-hydrogen) atoms. The van der Waals surface area contributed by atoms with Crippen molar-refractivity contribution in [1.29, 1.82) is 5.41 Å². The second kappa shape index (κ2) is 21.9. The fourth-order valence-electron chi connectivity index (χ4n) is 4.75. The van der Waals surface area contributed by atoms with Gasteiger partial charge in [0.1, 0.15) is 29.8 Å². The number of nitrogens with two attached hydrogens (primary N) is 1. The molecular formula is C33H62N8O10. The Bertz CT molecular complexity index is 1190. The first-order chi connectivity index (χ1) is 23.4. The van der Waals surface area contributed by atoms with E-state index >= 15 is 0 Å². The predicted octanol–water partition coefficient (Wildman–Crippen LogP) is -0.343. The molecular weight excluding hydrogens is 668 g/mol. The normalized spacial score (nSPS) is 16.3. The molecule has 0 saturated heterocycles. The van der Waals surface area contributed by atoms with E-state index in [0.29, 0.717) is 6.42 Å². The summed E-state index contributed by atoms with van der Waals surface area (Å²) < 4.78 is 5.26. The van der Waals surface area contributed by atoms with E-state index in [0.717, 1.165) is 0 Å². The summed E-state index contributed by atoms with van der Waals surface area (Å²) in [6, 6.07) is -6.90. The maximum absolute atomic E-state index is 13.8. The molecule has 0 saturated carbocycles. The van der Waals surface area contributed by atoms with Gasteiger partial charge in [0, 0.05) is 6.54 Å². The predicted molar refractivity (Wildman–Crippen MR) is 189 cm³/mol. The monoisotopic (exact) mass is 730 g/mol. The first kappa shape index (κ1) is 46.8. The number of carboxylic acid groups (broad SMARTS) is 1. The lowest BCUT2D eigenvalue weighted by molar-refractivity contribution is -0.145. The van der Waals surface area contributed by atoms with Gasteiger partial charge in [-0.2, -0.15) is 0 Å². The topological polar surface area (TPSA) is 294 Å². The van der Waals surface area contributed by atoms with E-state index in [9.17, 15) is 44.1 Å². The first-order valence-corrected chi connectivity index (χ1v) is 17.3. The molecule has 0 aromatic heterocycles. The van der Waals surface area contributed by atoms with Gasteiger partial charge in [-0.25, -0.2) is 9.59 Å². The van der Waals surface area contributed by atoms with Crippen LogP contribution in [0.2, 0.25) is 0 Å². The van der Waals surface area contributed by atoms with Crippen LogP contribution in [0.25, 0.3) is 0 Å². The van der Waals surface area contributed by atoms with Gasteiger partial charge in [-0.15, -0.1) is 0 Å². The van der Waals surface area contributed by atoms with Gasteiger partial charge in [-0.1, -0.05) is 48.0 Å². The largest absolute Gasteiger partial charge is 0.480 e. The van der Waals surface area contributed by atoms with Crippen LogP contribution in [0, 0.1) is 23.2 Å². The molecule has 5 amide bonds. The molecule has 0 aliphatic heterocycles. The van der Waals surface area contributed by atoms with E-state index in [1.807, 2.05) is 0 Å². The van der Waals surface area contributed by atoms with Gasteiger partial charge in [0.25, 0.3) is 0 Å². The molecule has 12 N–H and O–H groups in total. The molecule has 8 atom stereocenters. The van der Waals surface area contributed by atoms with Crippen LogP contribution >= 0.6 is 0 Å². The number of aliphatic carboxylic acids is 1. The lowest BCUT2D eigenvalue weighted by Gasteiger charge is -2.31. The van der Waals surface area contributed by atoms with Crippen molar-refractivity contribution in [2.45, 2.75) is 143 Å². The Labute approximate surface area is 300 Å². The number of guanidine groups is 1. The SMILES string of the molecule is CC[C@H](C)[C@H](NC(=O)[C@@H](CCCNC(=N)N)NC(=O)[C@H](CC(C)C)NC(=O)[C@@H](NC(=O)OC(C)(C)C)[C@H](O)C(C)C)C(=O)N[C@H](C(=O)O)[C@H](C)O. The molecule has 294 valence electrons. The maximum atomic E-state index is 13.8. The smallest absolute Gasteiger partial charge is 0.408 e. The minimum absolute atomic E-state index is 0.00461. The highest BCUT2D eigenvalue weighted by molar-refractivity contribution is 5.96. The Morgan fingerprint density at radius 3 is 1.73 bits per heavy atom. The van der Waals surface area contributed by atoms with Crippen molar-refractivity contribution in [3.05, 3.63) is 0 Å². The summed E-state index contributed by atoms with van der Waals surface area (Å²) in [6.07, 6.45) is -3.03. The number of alkyl carbamates (subject to hydrolysis) is 1. The van der Waals surface area contributed by atoms with E-state index in [1.165, 1.54) is 6.92 Å². The summed E-state index contributed by atoms with van der Waals surface area (Å²) >= 11 is 0. The quantitative estimate of drug-likeness (QED) is 0.0411. The van der Waals surface area contributed by atoms with Crippen LogP contribution < -0.4 is 37.6 Å². The van der Waals surface area contributed by atoms with Crippen molar-refractivity contribution in [2.24, 2.45) is 23.5 Å². The molecule has 0 unspecified atom stereocenters. The zero-order chi connectivity index (χ0) is 39.8. The minimum Gasteiger partial charge on any atom is -0.480 e. The Morgan fingerprint density at radius 1 is 0.765 bits per heavy atom. The molecule has 0 aromatic rings. The summed E-state index contributed by atoms with van der Waals surface area (Å²) in [5.41, 5.74) is 4.47. The second-order valence-electron chi connectivity index (χ2n) is 14.5. The Hall–Kier alpha value is -4.19. The van der Waals surface area contributed by atoms with Gasteiger partial charge < -0.3 is 57.7 Å². The van der Waals surface area contributed by atoms with Gasteiger partial charge >= 0.3 is 12.1 Å². The third kappa shape index (κ3) is 18.0. The van der Waals surface area contributed by atoms with Gasteiger partial charge in [0.15, 0.2) is 12.0 Å². The molecule has 0 aliphatic carbocycles. The number of hydrogen-bond donors (Lipinski definition) is 11. The summed E-state index contributed by atoms with van der Waals surface area (Å²) in [7, 11) is 0. The van der Waals surface area contributed by atoms with Gasteiger partial charge in [0.2, 0.25) is 23.6 Å². The number of amides is 5. The molecule has 0 radical (unpaired) electrons. The second-order valence-corrected chi connectivity index (χ2v) is 14.5. The van der Waals surface area contributed by atoms with E-state index in [1.54, 1.807) is 62.3 Å². The van der Waals surface area contributed by atoms with Crippen LogP contribution in [0.5, 0.6) is 0 Å². The molecule has 0 aliphatic rings. The van der Waals surface area contributed by atoms with Crippen molar-refractivity contribution < 1.29 is 48.8 Å². The van der Waals surface area contributed by atoms with Crippen LogP contribution in [0.1, 0.15) is 94.9 Å². The van der Waals surface area contributed by atoms with E-state index in [2.05, 4.69) is 31.9 Å². The molecule has 0 rings (SSSR count). The average molecular weight is 731 g/mol. The van der Waals surface area contributed by atoms with Crippen molar-refractivity contribution in [2.75, 3.05) is 6.54 Å². The highest BCUT2D eigenvalue weighted by Crippen LogP contribution is 2.14. The van der Waals surface area contributed by atoms with Crippen molar-refractivity contribution in [1.82, 2.24) is 31.9 Å². The van der Waals surface area contributed by atoms with E-state index < -0.39 is 95.5 Å². The molecule has 0 spiro atoms. The van der Waals surface area contributed by atoms with Crippen LogP contribution in [-0.4, -0.2) is 112 Å². The van der Waals surface area contributed by atoms with Crippen LogP contribution in [0.3, 0.4) is 0 Å². The van der Waals surface area contributed by atoms with E-state index in [4.69, 9.17) is 15.9 Å². The lowest BCUT2D eigenvalue weighted by Crippen LogP contribution is -2.61. The zero-order valence-electron chi connectivity index (χ0n) is 31.6. The summed E-state index contributed by atoms with van der Waals surface area (Å²) in [4.78, 5) is 78.5. The summed E-state index contributed by atoms with van der Waals surface area (Å²) in [6.45, 7) is 16.6. The van der Waals surface area contributed by atoms with Crippen LogP contribution in [0.4, 0.5) is 4.79 Å². The molecule has 0 heterocycles. The number of rotatable bonds is 21. The molecule has 18 heteroatoms. The number of aliphatic hydroxyl groups excluding tert-OH is 2. The van der Waals surface area contributed by atoms with Crippen molar-refractivity contribution in [3.8, 4) is 0 Å². The number of carbonyl (C=O) groups excluding carboxylic acids is 5. The number of carboxylic acids is 1. The average Bonchev–Trinajstić information content (AvgIpc) is 2.99. The number of hydrogen-bond acceptors (Lipinski definition) is 10. The molecule has 0 aromatic carbocycles. The summed E-state index contributed by atoms with van der Waals surface area (Å²) in [5, 5.41) is 52.6. The van der Waals surface area contributed by atoms with Crippen molar-refractivity contribution in [3.63, 3.8) is 0 Å². The summed E-state index contributed by atoms with van der Waals surface area (Å²) in [5.74, 6) is -6.18. The van der Waals surface area contributed by atoms with E-state index in [-0.39, 0.29) is 37.7 Å². The Morgan fingerprint density at radius 2 is 1.27 bits per heavy atom. The third-order valence-corrected chi connectivity index (χ3v) is 7.78. The highest BCUT2D eigenvalue weighted by Gasteiger charge is 2.37. The number of aliphatic hydroxyl groups is 2. The fraction of sp³-hybridized carbons (Fsp3) is 0.788. The standard InChI is InChI=1S/C33H62N8O10/c1-11-18(6)22(28(46)40-23(19(7)42)30(48)49)39-26(44)20(13-12-14-36-31(34)35)37-27(45)21(15-16(2)3)38-29(47)24(25(43)17(4)5)41-32(50)51-33(8,9)10/h16-25,42-43H,11-15H2,1-10H3,(H,37,45)(H,38,47)(H,39,44)(H,40,46)(H,41,50)(H,48,49)(H4,34,35,36)/t18-,19-,20+,21-,22-,23-,24-,25+/m0/s1. The Kier molecular flexibility index (Phi) is 20.1. The zero-order valence-corrected chi connectivity index (χ0v) is 31.6. The molecule has 18 nitrogen and oxygen atoms in total. The molecule has 0 bridgehead atoms. The van der Waals surface area contributed by atoms with Gasteiger partial charge in [-0.3, -0.25) is 24.6 Å². The van der Waals surface area contributed by atoms with Crippen LogP contribution in [-0.2, 0) is 28.7 Å². The van der Waals surface area contributed by atoms with Crippen molar-refractivity contribution >= 4 is 41.7 Å². The maximum Gasteiger partial charge on any atom is 0.408 e. The fourth-order valence-corrected chi connectivity index (χ4v) is 4.75.